The molecule has 20 heavy (non-hydrogen) atoms. The number of hydrogen-bond acceptors (Lipinski definition) is 4. The number of aliphatic hydroxyl groups is 1. The molecule has 4 nitrogen and oxygen atoms in total. The van der Waals surface area contributed by atoms with Crippen molar-refractivity contribution < 1.29 is 14.4 Å². The third-order valence-corrected chi connectivity index (χ3v) is 3.93. The SMILES string of the molecule is Cl.[2H]OC(C)(C)c1ccc(B2OC(C)(C)C(C)(C)O2)cn1. The highest BCUT2D eigenvalue weighted by Crippen LogP contribution is 2.36. The molecule has 1 saturated heterocycles. The van der Waals surface area contributed by atoms with Gasteiger partial charge in [0, 0.05) is 11.7 Å². The Morgan fingerprint density at radius 2 is 1.75 bits per heavy atom. The summed E-state index contributed by atoms with van der Waals surface area (Å²) in [6.07, 6.45) is 1.72. The first-order valence-electron chi connectivity index (χ1n) is 6.96. The molecule has 0 saturated carbocycles. The molecule has 1 aromatic rings. The molecule has 0 bridgehead atoms. The van der Waals surface area contributed by atoms with Crippen molar-refractivity contribution in [1.29, 1.82) is 1.43 Å². The van der Waals surface area contributed by atoms with Gasteiger partial charge in [-0.25, -0.2) is 0 Å². The normalized spacial score (nSPS) is 21.3. The molecule has 2 rings (SSSR count). The molecular formula is C14H23BClNO3. The molecule has 0 radical (unpaired) electrons. The van der Waals surface area contributed by atoms with Crippen molar-refractivity contribution >= 4 is 25.0 Å². The van der Waals surface area contributed by atoms with Crippen molar-refractivity contribution in [3.63, 3.8) is 0 Å². The Balaban J connectivity index is 0.00000220. The van der Waals surface area contributed by atoms with E-state index in [-0.39, 0.29) is 23.6 Å². The van der Waals surface area contributed by atoms with Gasteiger partial charge in [-0.15, -0.1) is 12.4 Å². The second-order valence-corrected chi connectivity index (χ2v) is 6.58. The lowest BCUT2D eigenvalue weighted by Crippen LogP contribution is -2.41. The molecule has 0 amide bonds. The fraction of sp³-hybridized carbons (Fsp3) is 0.643. The largest absolute Gasteiger partial charge is 0.496 e. The molecule has 0 atom stereocenters. The Kier molecular flexibility index (Phi) is 4.18. The molecule has 0 aliphatic carbocycles. The van der Waals surface area contributed by atoms with Crippen LogP contribution in [0.5, 0.6) is 0 Å². The average molecular weight is 301 g/mol. The molecule has 2 heterocycles. The van der Waals surface area contributed by atoms with Crippen LogP contribution in [-0.2, 0) is 14.9 Å². The first-order valence-corrected chi connectivity index (χ1v) is 6.55. The Labute approximate surface area is 128 Å². The van der Waals surface area contributed by atoms with E-state index < -0.39 is 12.7 Å². The van der Waals surface area contributed by atoms with Gasteiger partial charge in [-0.2, -0.15) is 0 Å². The van der Waals surface area contributed by atoms with E-state index in [4.69, 9.17) is 10.7 Å². The molecule has 0 unspecified atom stereocenters. The van der Waals surface area contributed by atoms with E-state index in [9.17, 15) is 0 Å². The van der Waals surface area contributed by atoms with Crippen LogP contribution in [0, 0.1) is 0 Å². The van der Waals surface area contributed by atoms with E-state index >= 15 is 0 Å². The molecule has 112 valence electrons. The van der Waals surface area contributed by atoms with Crippen molar-refractivity contribution in [1.82, 2.24) is 4.98 Å². The Hall–Kier alpha value is -0.615. The Morgan fingerprint density at radius 1 is 1.20 bits per heavy atom. The molecule has 1 aliphatic heterocycles. The minimum atomic E-state index is -0.728. The minimum absolute atomic E-state index is 0. The topological polar surface area (TPSA) is 51.6 Å². The fourth-order valence-electron chi connectivity index (χ4n) is 1.88. The summed E-state index contributed by atoms with van der Waals surface area (Å²) in [4.78, 5) is 4.36. The average Bonchev–Trinajstić information content (AvgIpc) is 2.59. The predicted octanol–water partition coefficient (Wildman–Crippen LogP) is 2.03. The molecular weight excluding hydrogens is 276 g/mol. The summed E-state index contributed by atoms with van der Waals surface area (Å²) in [5.74, 6) is 0. The summed E-state index contributed by atoms with van der Waals surface area (Å²) in [5.41, 5.74) is 0.120. The predicted molar refractivity (Wildman–Crippen MR) is 82.4 cm³/mol. The molecule has 0 aromatic carbocycles. The van der Waals surface area contributed by atoms with Crippen LogP contribution in [0.1, 0.15) is 47.2 Å². The van der Waals surface area contributed by atoms with Crippen molar-refractivity contribution in [2.45, 2.75) is 58.3 Å². The van der Waals surface area contributed by atoms with Crippen LogP contribution >= 0.6 is 12.4 Å². The Bertz CT molecular complexity index is 477. The summed E-state index contributed by atoms with van der Waals surface area (Å²) in [5, 5.41) is 4.68. The van der Waals surface area contributed by atoms with Crippen molar-refractivity contribution in [2.75, 3.05) is 0 Å². The zero-order valence-corrected chi connectivity index (χ0v) is 13.7. The monoisotopic (exact) mass is 300 g/mol. The number of nitrogens with zero attached hydrogens (tertiary/aromatic N) is 1. The van der Waals surface area contributed by atoms with Crippen molar-refractivity contribution in [2.24, 2.45) is 0 Å². The molecule has 1 N–H and O–H groups in total. The van der Waals surface area contributed by atoms with Gasteiger partial charge in [-0.3, -0.25) is 4.98 Å². The van der Waals surface area contributed by atoms with Crippen LogP contribution in [0.2, 0.25) is 0 Å². The lowest BCUT2D eigenvalue weighted by molar-refractivity contribution is 0.00578. The number of hydrogen-bond donors (Lipinski definition) is 1. The molecule has 0 spiro atoms. The van der Waals surface area contributed by atoms with E-state index in [1.165, 1.54) is 0 Å². The summed E-state index contributed by atoms with van der Waals surface area (Å²) in [6, 6.07) is 3.75. The molecule has 1 aromatic heterocycles. The number of aromatic nitrogens is 1. The second kappa shape index (κ2) is 5.30. The smallest absolute Gasteiger partial charge is 0.399 e. The highest BCUT2D eigenvalue weighted by atomic mass is 35.5. The van der Waals surface area contributed by atoms with Gasteiger partial charge in [0.05, 0.1) is 16.9 Å². The maximum atomic E-state index is 7.08. The van der Waals surface area contributed by atoms with Gasteiger partial charge in [-0.1, -0.05) is 6.07 Å². The zero-order chi connectivity index (χ0) is 15.2. The first kappa shape index (κ1) is 15.8. The fourth-order valence-corrected chi connectivity index (χ4v) is 1.88. The summed E-state index contributed by atoms with van der Waals surface area (Å²) < 4.78 is 19.0. The molecule has 1 aliphatic rings. The summed E-state index contributed by atoms with van der Waals surface area (Å²) in [7, 11) is -0.415. The van der Waals surface area contributed by atoms with Gasteiger partial charge in [0.25, 0.3) is 0 Å². The minimum Gasteiger partial charge on any atom is -0.399 e. The maximum Gasteiger partial charge on any atom is 0.496 e. The van der Waals surface area contributed by atoms with Gasteiger partial charge in [-0.05, 0) is 47.6 Å². The molecule has 6 heteroatoms. The zero-order valence-electron chi connectivity index (χ0n) is 13.9. The van der Waals surface area contributed by atoms with Crippen LogP contribution in [0.15, 0.2) is 18.3 Å². The standard InChI is InChI=1S/C14H22BNO3.ClH/c1-12(2,17)11-8-7-10(9-16-11)15-18-13(3,4)14(5,6)19-15;/h7-9,17H,1-6H3;1H/i17D;. The lowest BCUT2D eigenvalue weighted by Gasteiger charge is -2.32. The number of pyridine rings is 1. The maximum absolute atomic E-state index is 7.08. The Morgan fingerprint density at radius 3 is 2.15 bits per heavy atom. The summed E-state index contributed by atoms with van der Waals surface area (Å²) in [6.45, 7) is 11.7. The van der Waals surface area contributed by atoms with Crippen LogP contribution in [-0.4, -0.2) is 29.8 Å². The van der Waals surface area contributed by atoms with Crippen LogP contribution in [0.4, 0.5) is 0 Å². The van der Waals surface area contributed by atoms with E-state index in [0.717, 1.165) is 5.46 Å². The van der Waals surface area contributed by atoms with E-state index in [2.05, 4.69) is 10.1 Å². The van der Waals surface area contributed by atoms with Crippen molar-refractivity contribution in [3.05, 3.63) is 24.0 Å². The van der Waals surface area contributed by atoms with Gasteiger partial charge in [0.15, 0.2) is 0 Å². The van der Waals surface area contributed by atoms with Crippen molar-refractivity contribution in [3.8, 4) is 0 Å². The van der Waals surface area contributed by atoms with Gasteiger partial charge < -0.3 is 14.4 Å². The summed E-state index contributed by atoms with van der Waals surface area (Å²) >= 11 is 0. The van der Waals surface area contributed by atoms with Gasteiger partial charge in [0.1, 0.15) is 5.60 Å². The molecule has 1 fully saturated rings. The van der Waals surface area contributed by atoms with Crippen LogP contribution in [0.25, 0.3) is 0 Å². The van der Waals surface area contributed by atoms with Crippen LogP contribution < -0.4 is 5.46 Å². The van der Waals surface area contributed by atoms with Crippen LogP contribution in [0.3, 0.4) is 0 Å². The second-order valence-electron chi connectivity index (χ2n) is 6.58. The third-order valence-electron chi connectivity index (χ3n) is 3.93. The highest BCUT2D eigenvalue weighted by molar-refractivity contribution is 6.62. The van der Waals surface area contributed by atoms with E-state index in [1.807, 2.05) is 39.8 Å². The van der Waals surface area contributed by atoms with E-state index in [1.54, 1.807) is 20.0 Å². The third kappa shape index (κ3) is 3.17. The van der Waals surface area contributed by atoms with Gasteiger partial charge >= 0.3 is 7.12 Å². The van der Waals surface area contributed by atoms with Gasteiger partial charge in [0.2, 0.25) is 1.43 Å². The first-order chi connectivity index (χ1) is 9.09. The quantitative estimate of drug-likeness (QED) is 0.868. The lowest BCUT2D eigenvalue weighted by atomic mass is 9.80. The number of halogens is 1. The highest BCUT2D eigenvalue weighted by Gasteiger charge is 2.51. The van der Waals surface area contributed by atoms with E-state index in [0.29, 0.717) is 5.69 Å². The number of rotatable bonds is 3.